The van der Waals surface area contributed by atoms with E-state index in [9.17, 15) is 9.59 Å². The molecule has 0 spiro atoms. The van der Waals surface area contributed by atoms with E-state index >= 15 is 0 Å². The number of benzene rings is 1. The average molecular weight is 340 g/mol. The van der Waals surface area contributed by atoms with E-state index in [0.717, 1.165) is 23.2 Å². The summed E-state index contributed by atoms with van der Waals surface area (Å²) in [5, 5.41) is 5.83. The van der Waals surface area contributed by atoms with Crippen LogP contribution in [0.15, 0.2) is 18.2 Å². The molecule has 1 aromatic rings. The molecular weight excluding hydrogens is 314 g/mol. The van der Waals surface area contributed by atoms with Crippen molar-refractivity contribution < 1.29 is 9.59 Å². The molecule has 1 aliphatic rings. The third kappa shape index (κ3) is 5.22. The van der Waals surface area contributed by atoms with Crippen LogP contribution >= 0.6 is 12.4 Å². The first-order chi connectivity index (χ1) is 10.4. The molecule has 0 bridgehead atoms. The Morgan fingerprint density at radius 3 is 2.65 bits per heavy atom. The Morgan fingerprint density at radius 1 is 1.30 bits per heavy atom. The van der Waals surface area contributed by atoms with E-state index in [-0.39, 0.29) is 30.3 Å². The molecule has 0 saturated heterocycles. The molecule has 2 rings (SSSR count). The van der Waals surface area contributed by atoms with Crippen molar-refractivity contribution in [3.63, 3.8) is 0 Å². The molecule has 2 atom stereocenters. The molecular formula is C17H26ClN3O2. The lowest BCUT2D eigenvalue weighted by Gasteiger charge is -2.22. The monoisotopic (exact) mass is 339 g/mol. The molecule has 23 heavy (non-hydrogen) atoms. The number of anilines is 1. The second-order valence-electron chi connectivity index (χ2n) is 6.43. The molecule has 1 unspecified atom stereocenters. The molecule has 0 radical (unpaired) electrons. The van der Waals surface area contributed by atoms with E-state index in [2.05, 4.69) is 10.6 Å². The zero-order valence-corrected chi connectivity index (χ0v) is 14.7. The van der Waals surface area contributed by atoms with Crippen molar-refractivity contribution >= 4 is 29.9 Å². The summed E-state index contributed by atoms with van der Waals surface area (Å²) in [6.45, 7) is 6.05. The first-order valence-electron chi connectivity index (χ1n) is 7.85. The minimum absolute atomic E-state index is 0. The maximum atomic E-state index is 12.1. The highest BCUT2D eigenvalue weighted by atomic mass is 35.5. The predicted molar refractivity (Wildman–Crippen MR) is 94.6 cm³/mol. The van der Waals surface area contributed by atoms with Crippen LogP contribution in [0.3, 0.4) is 0 Å². The van der Waals surface area contributed by atoms with Gasteiger partial charge in [0.25, 0.3) is 0 Å². The van der Waals surface area contributed by atoms with E-state index in [0.29, 0.717) is 18.8 Å². The van der Waals surface area contributed by atoms with Gasteiger partial charge in [0.15, 0.2) is 0 Å². The van der Waals surface area contributed by atoms with Crippen LogP contribution in [0, 0.1) is 5.92 Å². The third-order valence-electron chi connectivity index (χ3n) is 3.95. The summed E-state index contributed by atoms with van der Waals surface area (Å²) >= 11 is 0. The van der Waals surface area contributed by atoms with Crippen LogP contribution in [-0.2, 0) is 16.0 Å². The summed E-state index contributed by atoms with van der Waals surface area (Å²) < 4.78 is 0. The Balaban J connectivity index is 0.00000264. The van der Waals surface area contributed by atoms with E-state index in [4.69, 9.17) is 5.73 Å². The van der Waals surface area contributed by atoms with E-state index < -0.39 is 6.04 Å². The van der Waals surface area contributed by atoms with Crippen LogP contribution in [0.1, 0.15) is 50.8 Å². The fourth-order valence-electron chi connectivity index (χ4n) is 2.69. The smallest absolute Gasteiger partial charge is 0.237 e. The molecule has 1 heterocycles. The standard InChI is InChI=1S/C17H25N3O2.ClH/c1-10(2)8-14(18)17(22)19-11(3)12-4-6-15-13(9-12)5-7-16(21)20-15;/h4,6,9-11,14H,5,7-8,18H2,1-3H3,(H,19,22)(H,20,21);1H/t11?,14-;/m0./s1. The summed E-state index contributed by atoms with van der Waals surface area (Å²) in [6, 6.07) is 5.31. The van der Waals surface area contributed by atoms with Crippen LogP contribution in [0.25, 0.3) is 0 Å². The van der Waals surface area contributed by atoms with Crippen molar-refractivity contribution in [3.05, 3.63) is 29.3 Å². The molecule has 0 saturated carbocycles. The molecule has 5 nitrogen and oxygen atoms in total. The molecule has 1 aromatic carbocycles. The van der Waals surface area contributed by atoms with Gasteiger partial charge in [0.05, 0.1) is 12.1 Å². The summed E-state index contributed by atoms with van der Waals surface area (Å²) in [7, 11) is 0. The van der Waals surface area contributed by atoms with Gasteiger partial charge in [-0.1, -0.05) is 26.0 Å². The van der Waals surface area contributed by atoms with Crippen molar-refractivity contribution in [2.75, 3.05) is 5.32 Å². The number of hydrogen-bond acceptors (Lipinski definition) is 3. The fraction of sp³-hybridized carbons (Fsp3) is 0.529. The van der Waals surface area contributed by atoms with Gasteiger partial charge >= 0.3 is 0 Å². The summed E-state index contributed by atoms with van der Waals surface area (Å²) in [4.78, 5) is 23.5. The summed E-state index contributed by atoms with van der Waals surface area (Å²) in [5.41, 5.74) is 8.92. The topological polar surface area (TPSA) is 84.2 Å². The lowest BCUT2D eigenvalue weighted by atomic mass is 9.97. The maximum Gasteiger partial charge on any atom is 0.237 e. The van der Waals surface area contributed by atoms with Gasteiger partial charge in [0, 0.05) is 12.1 Å². The number of carbonyl (C=O) groups is 2. The number of fused-ring (bicyclic) bond motifs is 1. The fourth-order valence-corrected chi connectivity index (χ4v) is 2.69. The average Bonchev–Trinajstić information content (AvgIpc) is 2.45. The van der Waals surface area contributed by atoms with Gasteiger partial charge in [-0.3, -0.25) is 9.59 Å². The molecule has 4 N–H and O–H groups in total. The molecule has 128 valence electrons. The van der Waals surface area contributed by atoms with Gasteiger partial charge < -0.3 is 16.4 Å². The van der Waals surface area contributed by atoms with E-state index in [1.807, 2.05) is 39.0 Å². The zero-order chi connectivity index (χ0) is 16.3. The summed E-state index contributed by atoms with van der Waals surface area (Å²) in [6.07, 6.45) is 1.92. The van der Waals surface area contributed by atoms with Gasteiger partial charge in [-0.2, -0.15) is 0 Å². The van der Waals surface area contributed by atoms with Crippen LogP contribution < -0.4 is 16.4 Å². The Labute approximate surface area is 143 Å². The number of rotatable bonds is 5. The van der Waals surface area contributed by atoms with Gasteiger partial charge in [-0.25, -0.2) is 0 Å². The molecule has 6 heteroatoms. The molecule has 2 amide bonds. The minimum atomic E-state index is -0.473. The largest absolute Gasteiger partial charge is 0.348 e. The first kappa shape index (κ1) is 19.5. The van der Waals surface area contributed by atoms with Gasteiger partial charge in [-0.05, 0) is 42.9 Å². The van der Waals surface area contributed by atoms with Crippen molar-refractivity contribution in [1.82, 2.24) is 5.32 Å². The van der Waals surface area contributed by atoms with Crippen LogP contribution in [0.2, 0.25) is 0 Å². The minimum Gasteiger partial charge on any atom is -0.348 e. The Morgan fingerprint density at radius 2 is 2.00 bits per heavy atom. The van der Waals surface area contributed by atoms with Gasteiger partial charge in [-0.15, -0.1) is 12.4 Å². The normalized spacial score (nSPS) is 16.0. The molecule has 0 fully saturated rings. The molecule has 0 aliphatic carbocycles. The molecule has 0 aromatic heterocycles. The van der Waals surface area contributed by atoms with E-state index in [1.54, 1.807) is 0 Å². The number of nitrogens with one attached hydrogen (secondary N) is 2. The van der Waals surface area contributed by atoms with Gasteiger partial charge in [0.1, 0.15) is 0 Å². The Kier molecular flexibility index (Phi) is 7.03. The van der Waals surface area contributed by atoms with Gasteiger partial charge in [0.2, 0.25) is 11.8 Å². The number of hydrogen-bond donors (Lipinski definition) is 3. The quantitative estimate of drug-likeness (QED) is 0.770. The summed E-state index contributed by atoms with van der Waals surface area (Å²) in [5.74, 6) is 0.330. The Hall–Kier alpha value is -1.59. The first-order valence-corrected chi connectivity index (χ1v) is 7.85. The van der Waals surface area contributed by atoms with E-state index in [1.165, 1.54) is 0 Å². The number of amides is 2. The van der Waals surface area contributed by atoms with Crippen molar-refractivity contribution in [2.24, 2.45) is 11.7 Å². The van der Waals surface area contributed by atoms with Crippen LogP contribution in [0.4, 0.5) is 5.69 Å². The second kappa shape index (κ2) is 8.31. The highest BCUT2D eigenvalue weighted by Crippen LogP contribution is 2.26. The highest BCUT2D eigenvalue weighted by Gasteiger charge is 2.20. The molecule has 1 aliphatic heterocycles. The lowest BCUT2D eigenvalue weighted by Crippen LogP contribution is -2.42. The number of halogens is 1. The number of nitrogens with two attached hydrogens (primary N) is 1. The highest BCUT2D eigenvalue weighted by molar-refractivity contribution is 5.93. The number of carbonyl (C=O) groups excluding carboxylic acids is 2. The maximum absolute atomic E-state index is 12.1. The predicted octanol–water partition coefficient (Wildman–Crippen LogP) is 2.54. The number of aryl methyl sites for hydroxylation is 1. The SMILES string of the molecule is CC(C)C[C@H](N)C(=O)NC(C)c1ccc2c(c1)CCC(=O)N2.Cl. The van der Waals surface area contributed by atoms with Crippen molar-refractivity contribution in [3.8, 4) is 0 Å². The third-order valence-corrected chi connectivity index (χ3v) is 3.95. The van der Waals surface area contributed by atoms with Crippen molar-refractivity contribution in [2.45, 2.75) is 52.1 Å². The van der Waals surface area contributed by atoms with Crippen molar-refractivity contribution in [1.29, 1.82) is 0 Å². The van der Waals surface area contributed by atoms with Crippen LogP contribution in [0.5, 0.6) is 0 Å². The lowest BCUT2D eigenvalue weighted by molar-refractivity contribution is -0.123. The zero-order valence-electron chi connectivity index (χ0n) is 13.9. The van der Waals surface area contributed by atoms with Crippen LogP contribution in [-0.4, -0.2) is 17.9 Å². The Bertz CT molecular complexity index is 575. The second-order valence-corrected chi connectivity index (χ2v) is 6.43.